The van der Waals surface area contributed by atoms with Crippen molar-refractivity contribution in [3.63, 3.8) is 0 Å². The van der Waals surface area contributed by atoms with E-state index < -0.39 is 0 Å². The van der Waals surface area contributed by atoms with Crippen LogP contribution >= 0.6 is 0 Å². The van der Waals surface area contributed by atoms with Gasteiger partial charge in [-0.1, -0.05) is 0 Å². The van der Waals surface area contributed by atoms with Gasteiger partial charge in [-0.25, -0.2) is 5.01 Å². The summed E-state index contributed by atoms with van der Waals surface area (Å²) in [6.07, 6.45) is 4.24. The minimum atomic E-state index is -0.0855. The standard InChI is InChI=1S/C18H23N3O3/c1-24-15-7-5-14(6-8-15)16-9-10-17(22)21(19-16)13-18(23)20-11-3-2-4-12-20/h5-8H,2-4,9-13H2,1H3. The molecule has 0 aliphatic carbocycles. The molecule has 24 heavy (non-hydrogen) atoms. The Morgan fingerprint density at radius 1 is 1.12 bits per heavy atom. The molecule has 1 aromatic rings. The fourth-order valence-electron chi connectivity index (χ4n) is 3.09. The van der Waals surface area contributed by atoms with Gasteiger partial charge in [0.05, 0.1) is 12.8 Å². The van der Waals surface area contributed by atoms with E-state index in [-0.39, 0.29) is 18.4 Å². The number of piperidine rings is 1. The molecule has 0 unspecified atom stereocenters. The quantitative estimate of drug-likeness (QED) is 0.849. The normalized spacial score (nSPS) is 18.4. The van der Waals surface area contributed by atoms with E-state index in [4.69, 9.17) is 4.74 Å². The van der Waals surface area contributed by atoms with Gasteiger partial charge in [-0.3, -0.25) is 9.59 Å². The summed E-state index contributed by atoms with van der Waals surface area (Å²) in [4.78, 5) is 26.3. The van der Waals surface area contributed by atoms with Crippen LogP contribution in [-0.4, -0.2) is 54.2 Å². The first-order valence-corrected chi connectivity index (χ1v) is 8.47. The number of methoxy groups -OCH3 is 1. The average Bonchev–Trinajstić information content (AvgIpc) is 2.64. The molecule has 1 fully saturated rings. The first kappa shape index (κ1) is 16.5. The lowest BCUT2D eigenvalue weighted by Gasteiger charge is -2.29. The van der Waals surface area contributed by atoms with E-state index in [0.717, 1.165) is 43.0 Å². The molecule has 0 atom stereocenters. The van der Waals surface area contributed by atoms with Crippen LogP contribution < -0.4 is 4.74 Å². The van der Waals surface area contributed by atoms with Crippen LogP contribution in [0.25, 0.3) is 0 Å². The number of likely N-dealkylation sites (tertiary alicyclic amines) is 1. The third kappa shape index (κ3) is 3.75. The second kappa shape index (κ2) is 7.47. The van der Waals surface area contributed by atoms with Gasteiger partial charge in [-0.15, -0.1) is 0 Å². The Hall–Kier alpha value is -2.37. The van der Waals surface area contributed by atoms with Crippen LogP contribution in [0.2, 0.25) is 0 Å². The van der Waals surface area contributed by atoms with Gasteiger partial charge in [0.1, 0.15) is 12.3 Å². The minimum absolute atomic E-state index is 0.0113. The highest BCUT2D eigenvalue weighted by Crippen LogP contribution is 2.18. The van der Waals surface area contributed by atoms with Crippen molar-refractivity contribution in [2.45, 2.75) is 32.1 Å². The fourth-order valence-corrected chi connectivity index (χ4v) is 3.09. The largest absolute Gasteiger partial charge is 0.497 e. The Morgan fingerprint density at radius 2 is 1.83 bits per heavy atom. The lowest BCUT2D eigenvalue weighted by molar-refractivity contribution is -0.141. The highest BCUT2D eigenvalue weighted by Gasteiger charge is 2.26. The first-order valence-electron chi connectivity index (χ1n) is 8.47. The Labute approximate surface area is 142 Å². The summed E-state index contributed by atoms with van der Waals surface area (Å²) in [5, 5.41) is 5.77. The maximum atomic E-state index is 12.4. The summed E-state index contributed by atoms with van der Waals surface area (Å²) in [6, 6.07) is 7.60. The number of benzene rings is 1. The van der Waals surface area contributed by atoms with Gasteiger partial charge in [0.25, 0.3) is 0 Å². The number of carbonyl (C=O) groups is 2. The second-order valence-corrected chi connectivity index (χ2v) is 6.17. The summed E-state index contributed by atoms with van der Waals surface area (Å²) in [6.45, 7) is 1.62. The molecule has 0 spiro atoms. The molecule has 2 amide bonds. The van der Waals surface area contributed by atoms with Crippen LogP contribution in [-0.2, 0) is 9.59 Å². The van der Waals surface area contributed by atoms with Gasteiger partial charge in [0.15, 0.2) is 0 Å². The monoisotopic (exact) mass is 329 g/mol. The van der Waals surface area contributed by atoms with Crippen molar-refractivity contribution in [1.82, 2.24) is 9.91 Å². The van der Waals surface area contributed by atoms with Crippen molar-refractivity contribution >= 4 is 17.5 Å². The van der Waals surface area contributed by atoms with Crippen LogP contribution in [0.4, 0.5) is 0 Å². The lowest BCUT2D eigenvalue weighted by Crippen LogP contribution is -2.44. The van der Waals surface area contributed by atoms with Gasteiger partial charge >= 0.3 is 0 Å². The summed E-state index contributed by atoms with van der Waals surface area (Å²) in [5.74, 6) is 0.684. The Morgan fingerprint density at radius 3 is 2.50 bits per heavy atom. The topological polar surface area (TPSA) is 62.2 Å². The first-order chi connectivity index (χ1) is 11.7. The zero-order valence-electron chi connectivity index (χ0n) is 14.0. The van der Waals surface area contributed by atoms with Crippen LogP contribution in [0.15, 0.2) is 29.4 Å². The summed E-state index contributed by atoms with van der Waals surface area (Å²) < 4.78 is 5.16. The molecule has 2 heterocycles. The van der Waals surface area contributed by atoms with Crippen LogP contribution in [0.1, 0.15) is 37.7 Å². The number of hydrazone groups is 1. The van der Waals surface area contributed by atoms with Gasteiger partial charge in [-0.2, -0.15) is 5.10 Å². The number of rotatable bonds is 4. The molecule has 2 aliphatic rings. The third-order valence-corrected chi connectivity index (χ3v) is 4.52. The van der Waals surface area contributed by atoms with Crippen molar-refractivity contribution < 1.29 is 14.3 Å². The molecule has 3 rings (SSSR count). The van der Waals surface area contributed by atoms with Gasteiger partial charge < -0.3 is 9.64 Å². The van der Waals surface area contributed by atoms with E-state index in [9.17, 15) is 9.59 Å². The lowest BCUT2D eigenvalue weighted by atomic mass is 10.0. The number of hydrogen-bond acceptors (Lipinski definition) is 4. The van der Waals surface area contributed by atoms with Crippen LogP contribution in [0, 0.1) is 0 Å². The SMILES string of the molecule is COc1ccc(C2=NN(CC(=O)N3CCCCC3)C(=O)CC2)cc1. The molecule has 128 valence electrons. The Bertz CT molecular complexity index is 633. The maximum Gasteiger partial charge on any atom is 0.244 e. The van der Waals surface area contributed by atoms with Crippen molar-refractivity contribution in [2.24, 2.45) is 5.10 Å². The molecular formula is C18H23N3O3. The zero-order chi connectivity index (χ0) is 16.9. The highest BCUT2D eigenvalue weighted by atomic mass is 16.5. The molecule has 2 aliphatic heterocycles. The molecule has 0 aromatic heterocycles. The molecule has 0 bridgehead atoms. The van der Waals surface area contributed by atoms with Crippen molar-refractivity contribution in [3.8, 4) is 5.75 Å². The fraction of sp³-hybridized carbons (Fsp3) is 0.500. The summed E-state index contributed by atoms with van der Waals surface area (Å²) >= 11 is 0. The van der Waals surface area contributed by atoms with Crippen molar-refractivity contribution in [3.05, 3.63) is 29.8 Å². The van der Waals surface area contributed by atoms with E-state index in [1.54, 1.807) is 7.11 Å². The number of hydrogen-bond donors (Lipinski definition) is 0. The van der Waals surface area contributed by atoms with Gasteiger partial charge in [0.2, 0.25) is 11.8 Å². The highest BCUT2D eigenvalue weighted by molar-refractivity contribution is 6.04. The van der Waals surface area contributed by atoms with Crippen molar-refractivity contribution in [2.75, 3.05) is 26.7 Å². The van der Waals surface area contributed by atoms with Crippen LogP contribution in [0.5, 0.6) is 5.75 Å². The number of carbonyl (C=O) groups excluding carboxylic acids is 2. The number of amides is 2. The third-order valence-electron chi connectivity index (χ3n) is 4.52. The minimum Gasteiger partial charge on any atom is -0.497 e. The van der Waals surface area contributed by atoms with E-state index in [0.29, 0.717) is 12.8 Å². The molecule has 6 nitrogen and oxygen atoms in total. The van der Waals surface area contributed by atoms with E-state index in [1.807, 2.05) is 29.2 Å². The number of ether oxygens (including phenoxy) is 1. The van der Waals surface area contributed by atoms with E-state index in [1.165, 1.54) is 11.4 Å². The maximum absolute atomic E-state index is 12.4. The Balaban J connectivity index is 1.71. The zero-order valence-corrected chi connectivity index (χ0v) is 14.0. The number of nitrogens with zero attached hydrogens (tertiary/aromatic N) is 3. The summed E-state index contributed by atoms with van der Waals surface area (Å²) in [7, 11) is 1.62. The molecule has 6 heteroatoms. The average molecular weight is 329 g/mol. The molecule has 0 radical (unpaired) electrons. The molecule has 1 saturated heterocycles. The molecule has 1 aromatic carbocycles. The molecule has 0 saturated carbocycles. The summed E-state index contributed by atoms with van der Waals surface area (Å²) in [5.41, 5.74) is 1.79. The van der Waals surface area contributed by atoms with E-state index in [2.05, 4.69) is 5.10 Å². The molecule has 0 N–H and O–H groups in total. The predicted molar refractivity (Wildman–Crippen MR) is 90.9 cm³/mol. The van der Waals surface area contributed by atoms with Crippen molar-refractivity contribution in [1.29, 1.82) is 0 Å². The van der Waals surface area contributed by atoms with E-state index >= 15 is 0 Å². The second-order valence-electron chi connectivity index (χ2n) is 6.17. The Kier molecular flexibility index (Phi) is 5.13. The van der Waals surface area contributed by atoms with Gasteiger partial charge in [0, 0.05) is 25.9 Å². The predicted octanol–water partition coefficient (Wildman–Crippen LogP) is 2.03. The van der Waals surface area contributed by atoms with Crippen LogP contribution in [0.3, 0.4) is 0 Å². The van der Waals surface area contributed by atoms with Gasteiger partial charge in [-0.05, 0) is 49.1 Å². The smallest absolute Gasteiger partial charge is 0.244 e. The molecular weight excluding hydrogens is 306 g/mol.